The smallest absolute Gasteiger partial charge is 0.0618 e. The number of rotatable bonds is 1. The highest BCUT2D eigenvalue weighted by Gasteiger charge is 2.07. The third-order valence-electron chi connectivity index (χ3n) is 1.73. The van der Waals surface area contributed by atoms with Crippen molar-refractivity contribution in [2.75, 3.05) is 0 Å². The average molecular weight is 172 g/mol. The van der Waals surface area contributed by atoms with E-state index in [-0.39, 0.29) is 0 Å². The Morgan fingerprint density at radius 1 is 1.08 bits per heavy atom. The Kier molecular flexibility index (Phi) is 2.00. The third-order valence-corrected chi connectivity index (χ3v) is 1.73. The van der Waals surface area contributed by atoms with Crippen LogP contribution in [0.3, 0.4) is 0 Å². The molecule has 0 N–H and O–H groups in total. The molecule has 0 aliphatic rings. The predicted molar refractivity (Wildman–Crippen MR) is 48.3 cm³/mol. The van der Waals surface area contributed by atoms with Crippen LogP contribution in [0, 0.1) is 6.92 Å². The molecule has 2 aromatic rings. The summed E-state index contributed by atoms with van der Waals surface area (Å²) in [6.45, 7) is 1.95. The number of aromatic nitrogens is 3. The van der Waals surface area contributed by atoms with Gasteiger partial charge in [-0.05, 0) is 13.0 Å². The molecule has 0 aliphatic carbocycles. The van der Waals surface area contributed by atoms with Crippen LogP contribution < -0.4 is 4.80 Å². The number of aryl methyl sites for hydroxylation is 1. The van der Waals surface area contributed by atoms with Crippen LogP contribution in [0.5, 0.6) is 0 Å². The lowest BCUT2D eigenvalue weighted by molar-refractivity contribution is -0.720. The van der Waals surface area contributed by atoms with Crippen molar-refractivity contribution in [3.63, 3.8) is 0 Å². The summed E-state index contributed by atoms with van der Waals surface area (Å²) in [5.74, 6) is 0. The molecule has 1 aromatic heterocycles. The maximum atomic E-state index is 4.25. The summed E-state index contributed by atoms with van der Waals surface area (Å²) in [6.07, 6.45) is 1.75. The van der Waals surface area contributed by atoms with Gasteiger partial charge in [-0.3, -0.25) is 0 Å². The van der Waals surface area contributed by atoms with E-state index in [0.717, 1.165) is 11.4 Å². The summed E-state index contributed by atoms with van der Waals surface area (Å²) in [5.41, 5.74) is 1.94. The van der Waals surface area contributed by atoms with Gasteiger partial charge in [-0.15, -0.1) is 0 Å². The number of hydrogen-bond donors (Lipinski definition) is 0. The van der Waals surface area contributed by atoms with E-state index in [2.05, 4.69) is 10.2 Å². The van der Waals surface area contributed by atoms with E-state index in [9.17, 15) is 0 Å². The first-order valence-corrected chi connectivity index (χ1v) is 4.14. The van der Waals surface area contributed by atoms with Crippen molar-refractivity contribution in [1.29, 1.82) is 0 Å². The Morgan fingerprint density at radius 3 is 2.54 bits per heavy atom. The quantitative estimate of drug-likeness (QED) is 0.602. The number of hydrogen-bond acceptors (Lipinski definition) is 2. The van der Waals surface area contributed by atoms with Gasteiger partial charge in [0, 0.05) is 22.3 Å². The maximum absolute atomic E-state index is 4.25. The van der Waals surface area contributed by atoms with Crippen molar-refractivity contribution >= 4 is 0 Å². The maximum Gasteiger partial charge on any atom is 0.268 e. The fourth-order valence-corrected chi connectivity index (χ4v) is 1.10. The van der Waals surface area contributed by atoms with Gasteiger partial charge in [-0.2, -0.15) is 0 Å². The topological polar surface area (TPSA) is 29.7 Å². The summed E-state index contributed by atoms with van der Waals surface area (Å²) < 4.78 is 0. The van der Waals surface area contributed by atoms with Crippen molar-refractivity contribution in [3.05, 3.63) is 48.3 Å². The zero-order chi connectivity index (χ0) is 9.10. The lowest BCUT2D eigenvalue weighted by Crippen LogP contribution is -2.39. The van der Waals surface area contributed by atoms with Gasteiger partial charge in [-0.1, -0.05) is 18.2 Å². The predicted octanol–water partition coefficient (Wildman–Crippen LogP) is 1.06. The Labute approximate surface area is 76.7 Å². The SMILES string of the molecule is Cc1ccn[n+](-c2ccccc2)n1. The zero-order valence-corrected chi connectivity index (χ0v) is 7.38. The first kappa shape index (κ1) is 7.86. The van der Waals surface area contributed by atoms with Crippen molar-refractivity contribution < 1.29 is 4.80 Å². The Hall–Kier alpha value is -1.77. The molecule has 0 fully saturated rings. The van der Waals surface area contributed by atoms with Gasteiger partial charge in [0.2, 0.25) is 0 Å². The van der Waals surface area contributed by atoms with Gasteiger partial charge in [-0.25, -0.2) is 0 Å². The van der Waals surface area contributed by atoms with E-state index < -0.39 is 0 Å². The molecule has 0 saturated carbocycles. The molecular formula is C10H10N3+. The third kappa shape index (κ3) is 1.69. The Morgan fingerprint density at radius 2 is 1.85 bits per heavy atom. The molecule has 0 atom stereocenters. The van der Waals surface area contributed by atoms with Crippen LogP contribution in [-0.2, 0) is 0 Å². The number of benzene rings is 1. The molecule has 64 valence electrons. The highest BCUT2D eigenvalue weighted by molar-refractivity contribution is 5.20. The number of nitrogens with zero attached hydrogens (tertiary/aromatic N) is 3. The summed E-state index contributed by atoms with van der Waals surface area (Å²) in [6, 6.07) is 11.7. The van der Waals surface area contributed by atoms with Gasteiger partial charge in [0.05, 0.1) is 11.0 Å². The first-order chi connectivity index (χ1) is 6.36. The van der Waals surface area contributed by atoms with Gasteiger partial charge >= 0.3 is 0 Å². The van der Waals surface area contributed by atoms with Crippen LogP contribution in [0.2, 0.25) is 0 Å². The van der Waals surface area contributed by atoms with Crippen molar-refractivity contribution in [2.45, 2.75) is 6.92 Å². The lowest BCUT2D eigenvalue weighted by Gasteiger charge is -1.89. The minimum atomic E-state index is 0.957. The minimum absolute atomic E-state index is 0.957. The molecule has 2 rings (SSSR count). The highest BCUT2D eigenvalue weighted by Crippen LogP contribution is 1.94. The van der Waals surface area contributed by atoms with Crippen molar-refractivity contribution in [2.24, 2.45) is 0 Å². The molecule has 0 unspecified atom stereocenters. The van der Waals surface area contributed by atoms with Crippen LogP contribution in [0.25, 0.3) is 5.69 Å². The molecule has 1 heterocycles. The summed E-state index contributed by atoms with van der Waals surface area (Å²) >= 11 is 0. The highest BCUT2D eigenvalue weighted by atomic mass is 15.4. The molecule has 0 bridgehead atoms. The largest absolute Gasteiger partial charge is 0.268 e. The molecule has 3 nitrogen and oxygen atoms in total. The molecule has 1 aromatic carbocycles. The molecule has 0 radical (unpaired) electrons. The summed E-state index contributed by atoms with van der Waals surface area (Å²) in [7, 11) is 0. The van der Waals surface area contributed by atoms with E-state index in [0.29, 0.717) is 0 Å². The standard InChI is InChI=1S/C10H10N3/c1-9-7-8-11-13(12-9)10-5-3-2-4-6-10/h2-8H,1H3/q+1. The average Bonchev–Trinajstić information content (AvgIpc) is 2.19. The van der Waals surface area contributed by atoms with Crippen molar-refractivity contribution in [3.8, 4) is 5.69 Å². The fraction of sp³-hybridized carbons (Fsp3) is 0.100. The fourth-order valence-electron chi connectivity index (χ4n) is 1.10. The lowest BCUT2D eigenvalue weighted by atomic mass is 10.3. The van der Waals surface area contributed by atoms with E-state index in [1.165, 1.54) is 0 Å². The van der Waals surface area contributed by atoms with E-state index in [1.807, 2.05) is 43.3 Å². The number of para-hydroxylation sites is 1. The minimum Gasteiger partial charge on any atom is -0.0618 e. The van der Waals surface area contributed by atoms with Gasteiger partial charge in [0.15, 0.2) is 0 Å². The second kappa shape index (κ2) is 3.31. The Balaban J connectivity index is 2.48. The zero-order valence-electron chi connectivity index (χ0n) is 7.38. The molecule has 13 heavy (non-hydrogen) atoms. The first-order valence-electron chi connectivity index (χ1n) is 4.14. The molecular weight excluding hydrogens is 162 g/mol. The summed E-state index contributed by atoms with van der Waals surface area (Å²) in [5, 5.41) is 8.36. The van der Waals surface area contributed by atoms with Crippen molar-refractivity contribution in [1.82, 2.24) is 10.2 Å². The summed E-state index contributed by atoms with van der Waals surface area (Å²) in [4.78, 5) is 1.62. The Bertz CT molecular complexity index is 398. The molecule has 0 aliphatic heterocycles. The van der Waals surface area contributed by atoms with Crippen LogP contribution >= 0.6 is 0 Å². The van der Waals surface area contributed by atoms with Gasteiger partial charge < -0.3 is 0 Å². The second-order valence-electron chi connectivity index (χ2n) is 2.80. The molecule has 0 spiro atoms. The van der Waals surface area contributed by atoms with Gasteiger partial charge in [0.25, 0.3) is 5.69 Å². The van der Waals surface area contributed by atoms with Crippen LogP contribution in [0.15, 0.2) is 42.6 Å². The monoisotopic (exact) mass is 172 g/mol. The van der Waals surface area contributed by atoms with Crippen LogP contribution in [0.1, 0.15) is 5.69 Å². The van der Waals surface area contributed by atoms with Crippen LogP contribution in [0.4, 0.5) is 0 Å². The van der Waals surface area contributed by atoms with Crippen LogP contribution in [-0.4, -0.2) is 10.2 Å². The van der Waals surface area contributed by atoms with Gasteiger partial charge in [0.1, 0.15) is 5.69 Å². The normalized spacial score (nSPS) is 9.92. The van der Waals surface area contributed by atoms with E-state index in [1.54, 1.807) is 11.0 Å². The molecule has 3 heteroatoms. The van der Waals surface area contributed by atoms with E-state index in [4.69, 9.17) is 0 Å². The van der Waals surface area contributed by atoms with E-state index >= 15 is 0 Å². The molecule has 0 amide bonds. The second-order valence-corrected chi connectivity index (χ2v) is 2.80. The molecule has 0 saturated heterocycles.